The smallest absolute Gasteiger partial charge is 0.126 e. The number of hydrogen-bond donors (Lipinski definition) is 1. The van der Waals surface area contributed by atoms with Gasteiger partial charge in [0.1, 0.15) is 5.82 Å². The molecule has 2 unspecified atom stereocenters. The van der Waals surface area contributed by atoms with Crippen LogP contribution in [0.3, 0.4) is 0 Å². The standard InChI is InChI=1S/C24H24FN/c25-23-13-7-5-11-20(23)16-21-15-14-19-10-4-6-12-22(19)24(21)26-17-18-8-2-1-3-9-18/h1-13,21,24,26H,14-17H2. The topological polar surface area (TPSA) is 12.0 Å². The zero-order valence-corrected chi connectivity index (χ0v) is 14.9. The van der Waals surface area contributed by atoms with Crippen LogP contribution >= 0.6 is 0 Å². The average molecular weight is 345 g/mol. The molecule has 1 nitrogen and oxygen atoms in total. The molecule has 0 amide bonds. The molecule has 3 aromatic rings. The zero-order valence-electron chi connectivity index (χ0n) is 14.9. The third kappa shape index (κ3) is 3.71. The highest BCUT2D eigenvalue weighted by molar-refractivity contribution is 5.34. The summed E-state index contributed by atoms with van der Waals surface area (Å²) in [6, 6.07) is 26.6. The van der Waals surface area contributed by atoms with Crippen molar-refractivity contribution in [2.45, 2.75) is 31.8 Å². The predicted molar refractivity (Wildman–Crippen MR) is 104 cm³/mol. The molecule has 0 saturated heterocycles. The molecule has 0 saturated carbocycles. The second-order valence-electron chi connectivity index (χ2n) is 7.14. The van der Waals surface area contributed by atoms with Gasteiger partial charge in [-0.3, -0.25) is 0 Å². The van der Waals surface area contributed by atoms with Crippen molar-refractivity contribution in [3.63, 3.8) is 0 Å². The van der Waals surface area contributed by atoms with Gasteiger partial charge in [-0.2, -0.15) is 0 Å². The van der Waals surface area contributed by atoms with Crippen LogP contribution in [0.5, 0.6) is 0 Å². The highest BCUT2D eigenvalue weighted by Gasteiger charge is 2.29. The lowest BCUT2D eigenvalue weighted by Crippen LogP contribution is -2.33. The van der Waals surface area contributed by atoms with Crippen LogP contribution in [-0.4, -0.2) is 0 Å². The number of aryl methyl sites for hydroxylation is 1. The minimum Gasteiger partial charge on any atom is -0.306 e. The second kappa shape index (κ2) is 7.84. The number of rotatable bonds is 5. The van der Waals surface area contributed by atoms with E-state index in [-0.39, 0.29) is 11.9 Å². The molecule has 4 rings (SSSR count). The van der Waals surface area contributed by atoms with Crippen LogP contribution in [0.2, 0.25) is 0 Å². The molecule has 0 aromatic heterocycles. The van der Waals surface area contributed by atoms with E-state index in [4.69, 9.17) is 0 Å². The summed E-state index contributed by atoms with van der Waals surface area (Å²) in [5.41, 5.74) is 4.89. The third-order valence-corrected chi connectivity index (χ3v) is 5.45. The predicted octanol–water partition coefficient (Wildman–Crippen LogP) is 5.46. The molecule has 3 aromatic carbocycles. The minimum atomic E-state index is -0.0897. The second-order valence-corrected chi connectivity index (χ2v) is 7.14. The first kappa shape index (κ1) is 17.0. The summed E-state index contributed by atoms with van der Waals surface area (Å²) in [4.78, 5) is 0. The Labute approximate surface area is 154 Å². The van der Waals surface area contributed by atoms with Crippen LogP contribution in [0.1, 0.15) is 34.7 Å². The van der Waals surface area contributed by atoms with Gasteiger partial charge < -0.3 is 5.32 Å². The highest BCUT2D eigenvalue weighted by atomic mass is 19.1. The molecule has 1 aliphatic rings. The van der Waals surface area contributed by atoms with Crippen molar-refractivity contribution < 1.29 is 4.39 Å². The Kier molecular flexibility index (Phi) is 5.12. The molecule has 0 fully saturated rings. The van der Waals surface area contributed by atoms with Gasteiger partial charge in [-0.1, -0.05) is 72.8 Å². The first-order valence-corrected chi connectivity index (χ1v) is 9.40. The van der Waals surface area contributed by atoms with Crippen LogP contribution in [-0.2, 0) is 19.4 Å². The van der Waals surface area contributed by atoms with E-state index in [1.54, 1.807) is 12.1 Å². The molecule has 1 aliphatic carbocycles. The Morgan fingerprint density at radius 2 is 1.58 bits per heavy atom. The Balaban J connectivity index is 1.59. The van der Waals surface area contributed by atoms with E-state index in [2.05, 4.69) is 53.8 Å². The minimum absolute atomic E-state index is 0.0897. The molecule has 26 heavy (non-hydrogen) atoms. The van der Waals surface area contributed by atoms with Crippen molar-refractivity contribution >= 4 is 0 Å². The number of benzene rings is 3. The fourth-order valence-corrected chi connectivity index (χ4v) is 4.09. The Morgan fingerprint density at radius 1 is 0.846 bits per heavy atom. The van der Waals surface area contributed by atoms with Crippen molar-refractivity contribution in [1.29, 1.82) is 0 Å². The lowest BCUT2D eigenvalue weighted by Gasteiger charge is -2.35. The molecule has 0 heterocycles. The summed E-state index contributed by atoms with van der Waals surface area (Å²) in [7, 11) is 0. The molecule has 0 spiro atoms. The SMILES string of the molecule is Fc1ccccc1CC1CCc2ccccc2C1NCc1ccccc1. The van der Waals surface area contributed by atoms with Crippen molar-refractivity contribution in [1.82, 2.24) is 5.32 Å². The fourth-order valence-electron chi connectivity index (χ4n) is 4.09. The Bertz CT molecular complexity index is 859. The van der Waals surface area contributed by atoms with Gasteiger partial charge >= 0.3 is 0 Å². The summed E-state index contributed by atoms with van der Waals surface area (Å²) < 4.78 is 14.2. The molecule has 2 heteroatoms. The van der Waals surface area contributed by atoms with Crippen molar-refractivity contribution in [2.75, 3.05) is 0 Å². The molecular weight excluding hydrogens is 321 g/mol. The maximum atomic E-state index is 14.2. The van der Waals surface area contributed by atoms with Crippen LogP contribution in [0, 0.1) is 11.7 Å². The highest BCUT2D eigenvalue weighted by Crippen LogP contribution is 2.37. The number of fused-ring (bicyclic) bond motifs is 1. The monoisotopic (exact) mass is 345 g/mol. The molecule has 1 N–H and O–H groups in total. The van der Waals surface area contributed by atoms with Crippen LogP contribution in [0.25, 0.3) is 0 Å². The first-order chi connectivity index (χ1) is 12.8. The fraction of sp³-hybridized carbons (Fsp3) is 0.250. The number of hydrogen-bond acceptors (Lipinski definition) is 1. The summed E-state index contributed by atoms with van der Waals surface area (Å²) >= 11 is 0. The molecule has 0 bridgehead atoms. The average Bonchev–Trinajstić information content (AvgIpc) is 2.69. The summed E-state index contributed by atoms with van der Waals surface area (Å²) in [5, 5.41) is 3.76. The number of nitrogens with one attached hydrogen (secondary N) is 1. The van der Waals surface area contributed by atoms with Gasteiger partial charge in [0, 0.05) is 12.6 Å². The van der Waals surface area contributed by atoms with Crippen LogP contribution in [0.4, 0.5) is 4.39 Å². The maximum absolute atomic E-state index is 14.2. The van der Waals surface area contributed by atoms with Gasteiger partial charge in [-0.05, 0) is 53.5 Å². The van der Waals surface area contributed by atoms with Crippen molar-refractivity contribution in [3.05, 3.63) is 107 Å². The Hall–Kier alpha value is -2.45. The molecular formula is C24H24FN. The molecule has 0 radical (unpaired) electrons. The molecule has 132 valence electrons. The largest absolute Gasteiger partial charge is 0.306 e. The van der Waals surface area contributed by atoms with Crippen molar-refractivity contribution in [3.8, 4) is 0 Å². The first-order valence-electron chi connectivity index (χ1n) is 9.40. The van der Waals surface area contributed by atoms with E-state index in [1.807, 2.05) is 18.2 Å². The van der Waals surface area contributed by atoms with Gasteiger partial charge in [0.05, 0.1) is 0 Å². The van der Waals surface area contributed by atoms with E-state index in [0.717, 1.165) is 31.4 Å². The summed E-state index contributed by atoms with van der Waals surface area (Å²) in [6.07, 6.45) is 2.92. The zero-order chi connectivity index (χ0) is 17.8. The third-order valence-electron chi connectivity index (χ3n) is 5.45. The van der Waals surface area contributed by atoms with E-state index < -0.39 is 0 Å². The number of halogens is 1. The van der Waals surface area contributed by atoms with Crippen molar-refractivity contribution in [2.24, 2.45) is 5.92 Å². The van der Waals surface area contributed by atoms with E-state index in [1.165, 1.54) is 16.7 Å². The van der Waals surface area contributed by atoms with Gasteiger partial charge in [0.15, 0.2) is 0 Å². The van der Waals surface area contributed by atoms with Gasteiger partial charge in [-0.15, -0.1) is 0 Å². The van der Waals surface area contributed by atoms with Gasteiger partial charge in [-0.25, -0.2) is 4.39 Å². The van der Waals surface area contributed by atoms with E-state index in [0.29, 0.717) is 5.92 Å². The summed E-state index contributed by atoms with van der Waals surface area (Å²) in [6.45, 7) is 0.827. The lowest BCUT2D eigenvalue weighted by molar-refractivity contribution is 0.314. The molecule has 0 aliphatic heterocycles. The van der Waals surface area contributed by atoms with Crippen LogP contribution in [0.15, 0.2) is 78.9 Å². The van der Waals surface area contributed by atoms with E-state index in [9.17, 15) is 4.39 Å². The molecule has 2 atom stereocenters. The van der Waals surface area contributed by atoms with Gasteiger partial charge in [0.25, 0.3) is 0 Å². The van der Waals surface area contributed by atoms with E-state index >= 15 is 0 Å². The Morgan fingerprint density at radius 3 is 2.42 bits per heavy atom. The van der Waals surface area contributed by atoms with Crippen LogP contribution < -0.4 is 5.32 Å². The normalized spacial score (nSPS) is 19.1. The lowest BCUT2D eigenvalue weighted by atomic mass is 9.76. The maximum Gasteiger partial charge on any atom is 0.126 e. The summed E-state index contributed by atoms with van der Waals surface area (Å²) in [5.74, 6) is 0.304. The quantitative estimate of drug-likeness (QED) is 0.647. The van der Waals surface area contributed by atoms with Gasteiger partial charge in [0.2, 0.25) is 0 Å².